The third-order valence-corrected chi connectivity index (χ3v) is 4.00. The van der Waals surface area contributed by atoms with Crippen LogP contribution in [0.15, 0.2) is 35.3 Å². The van der Waals surface area contributed by atoms with Crippen LogP contribution in [-0.2, 0) is 4.74 Å². The minimum absolute atomic E-state index is 0.219. The van der Waals surface area contributed by atoms with Gasteiger partial charge in [-0.25, -0.2) is 0 Å². The maximum atomic E-state index is 5.20. The minimum Gasteiger partial charge on any atom is -0.383 e. The van der Waals surface area contributed by atoms with Crippen LogP contribution >= 0.6 is 0 Å². The van der Waals surface area contributed by atoms with Crippen LogP contribution in [0, 0.1) is 0 Å². The topological polar surface area (TPSA) is 48.9 Å². The molecule has 0 aliphatic rings. The molecule has 0 bridgehead atoms. The fourth-order valence-electron chi connectivity index (χ4n) is 2.79. The average Bonchev–Trinajstić information content (AvgIpc) is 2.59. The molecule has 2 N–H and O–H groups in total. The number of methoxy groups -OCH3 is 1. The molecule has 2 unspecified atom stereocenters. The number of likely N-dealkylation sites (N-methyl/N-ethyl adjacent to an activating group) is 1. The minimum atomic E-state index is 0.219. The van der Waals surface area contributed by atoms with Crippen molar-refractivity contribution in [2.45, 2.75) is 39.8 Å². The van der Waals surface area contributed by atoms with Crippen molar-refractivity contribution in [2.75, 3.05) is 39.9 Å². The lowest BCUT2D eigenvalue weighted by atomic mass is 10.1. The molecule has 0 amide bonds. The van der Waals surface area contributed by atoms with Crippen molar-refractivity contribution in [3.8, 4) is 0 Å². The SMILES string of the molecule is CCNC(=NCC(c1ccccc1)N(CC)CC)NC(C)COC. The van der Waals surface area contributed by atoms with Crippen LogP contribution in [0.5, 0.6) is 0 Å². The Morgan fingerprint density at radius 2 is 1.83 bits per heavy atom. The molecule has 136 valence electrons. The summed E-state index contributed by atoms with van der Waals surface area (Å²) in [6, 6.07) is 11.1. The maximum absolute atomic E-state index is 5.20. The fourth-order valence-corrected chi connectivity index (χ4v) is 2.79. The second kappa shape index (κ2) is 11.9. The van der Waals surface area contributed by atoms with Crippen LogP contribution in [0.2, 0.25) is 0 Å². The predicted molar refractivity (Wildman–Crippen MR) is 103 cm³/mol. The van der Waals surface area contributed by atoms with E-state index in [2.05, 4.69) is 73.6 Å². The van der Waals surface area contributed by atoms with Crippen molar-refractivity contribution in [3.05, 3.63) is 35.9 Å². The van der Waals surface area contributed by atoms with Gasteiger partial charge in [-0.05, 0) is 32.5 Å². The monoisotopic (exact) mass is 334 g/mol. The van der Waals surface area contributed by atoms with Gasteiger partial charge in [-0.1, -0.05) is 44.2 Å². The van der Waals surface area contributed by atoms with Gasteiger partial charge in [0, 0.05) is 19.7 Å². The molecule has 5 heteroatoms. The molecule has 1 aromatic rings. The largest absolute Gasteiger partial charge is 0.383 e. The van der Waals surface area contributed by atoms with Crippen LogP contribution in [0.25, 0.3) is 0 Å². The van der Waals surface area contributed by atoms with Gasteiger partial charge in [0.05, 0.1) is 19.2 Å². The first-order valence-corrected chi connectivity index (χ1v) is 8.98. The summed E-state index contributed by atoms with van der Waals surface area (Å²) in [6.07, 6.45) is 0. The van der Waals surface area contributed by atoms with Crippen LogP contribution in [-0.4, -0.2) is 56.8 Å². The van der Waals surface area contributed by atoms with Gasteiger partial charge < -0.3 is 15.4 Å². The molecule has 2 atom stereocenters. The van der Waals surface area contributed by atoms with E-state index < -0.39 is 0 Å². The smallest absolute Gasteiger partial charge is 0.191 e. The highest BCUT2D eigenvalue weighted by atomic mass is 16.5. The van der Waals surface area contributed by atoms with E-state index in [-0.39, 0.29) is 12.1 Å². The molecule has 1 rings (SSSR count). The molecule has 1 aromatic carbocycles. The second-order valence-corrected chi connectivity index (χ2v) is 5.87. The quantitative estimate of drug-likeness (QED) is 0.510. The predicted octanol–water partition coefficient (Wildman–Crippen LogP) is 2.66. The van der Waals surface area contributed by atoms with Crippen LogP contribution < -0.4 is 10.6 Å². The number of hydrogen-bond donors (Lipinski definition) is 2. The van der Waals surface area contributed by atoms with E-state index in [0.717, 1.165) is 32.1 Å². The van der Waals surface area contributed by atoms with Crippen LogP contribution in [0.1, 0.15) is 39.3 Å². The molecule has 0 aliphatic heterocycles. The Bertz CT molecular complexity index is 460. The van der Waals surface area contributed by atoms with Gasteiger partial charge in [0.2, 0.25) is 0 Å². The number of nitrogens with one attached hydrogen (secondary N) is 2. The number of guanidine groups is 1. The van der Waals surface area contributed by atoms with Gasteiger partial charge >= 0.3 is 0 Å². The Morgan fingerprint density at radius 1 is 1.17 bits per heavy atom. The lowest BCUT2D eigenvalue weighted by molar-refractivity contribution is 0.179. The summed E-state index contributed by atoms with van der Waals surface area (Å²) in [4.78, 5) is 7.27. The van der Waals surface area contributed by atoms with E-state index in [9.17, 15) is 0 Å². The fraction of sp³-hybridized carbons (Fsp3) is 0.632. The van der Waals surface area contributed by atoms with Gasteiger partial charge in [-0.2, -0.15) is 0 Å². The van der Waals surface area contributed by atoms with Crippen molar-refractivity contribution >= 4 is 5.96 Å². The third-order valence-electron chi connectivity index (χ3n) is 4.00. The molecule has 0 aromatic heterocycles. The first-order valence-electron chi connectivity index (χ1n) is 8.98. The first kappa shape index (κ1) is 20.5. The lowest BCUT2D eigenvalue weighted by Gasteiger charge is -2.29. The van der Waals surface area contributed by atoms with E-state index in [0.29, 0.717) is 6.61 Å². The Kier molecular flexibility index (Phi) is 10.1. The molecule has 0 radical (unpaired) electrons. The first-order chi connectivity index (χ1) is 11.7. The van der Waals surface area contributed by atoms with Crippen molar-refractivity contribution in [1.82, 2.24) is 15.5 Å². The Balaban J connectivity index is 2.89. The standard InChI is InChI=1S/C19H34N4O/c1-6-20-19(22-16(4)15-24-5)21-14-18(23(7-2)8-3)17-12-10-9-11-13-17/h9-13,16,18H,6-8,14-15H2,1-5H3,(H2,20,21,22). The number of aliphatic imine (C=N–C) groups is 1. The van der Waals surface area contributed by atoms with Gasteiger partial charge in [0.25, 0.3) is 0 Å². The average molecular weight is 335 g/mol. The molecule has 24 heavy (non-hydrogen) atoms. The summed E-state index contributed by atoms with van der Waals surface area (Å²) in [7, 11) is 1.72. The lowest BCUT2D eigenvalue weighted by Crippen LogP contribution is -2.44. The van der Waals surface area contributed by atoms with Crippen LogP contribution in [0.4, 0.5) is 0 Å². The van der Waals surface area contributed by atoms with Crippen molar-refractivity contribution < 1.29 is 4.74 Å². The molecule has 0 saturated heterocycles. The number of benzene rings is 1. The zero-order valence-electron chi connectivity index (χ0n) is 15.9. The van der Waals surface area contributed by atoms with Crippen LogP contribution in [0.3, 0.4) is 0 Å². The second-order valence-electron chi connectivity index (χ2n) is 5.87. The summed E-state index contributed by atoms with van der Waals surface area (Å²) in [5.74, 6) is 0.843. The summed E-state index contributed by atoms with van der Waals surface area (Å²) in [5, 5.41) is 6.71. The molecular formula is C19H34N4O. The van der Waals surface area contributed by atoms with E-state index >= 15 is 0 Å². The Hall–Kier alpha value is -1.59. The maximum Gasteiger partial charge on any atom is 0.191 e. The highest BCUT2D eigenvalue weighted by Gasteiger charge is 2.17. The van der Waals surface area contributed by atoms with E-state index in [1.807, 2.05) is 0 Å². The number of ether oxygens (including phenoxy) is 1. The van der Waals surface area contributed by atoms with E-state index in [1.165, 1.54) is 5.56 Å². The van der Waals surface area contributed by atoms with Crippen molar-refractivity contribution in [2.24, 2.45) is 4.99 Å². The Labute approximate surface area is 147 Å². The highest BCUT2D eigenvalue weighted by molar-refractivity contribution is 5.80. The summed E-state index contributed by atoms with van der Waals surface area (Å²) in [6.45, 7) is 12.8. The van der Waals surface area contributed by atoms with Gasteiger partial charge in [0.15, 0.2) is 5.96 Å². The van der Waals surface area contributed by atoms with E-state index in [1.54, 1.807) is 7.11 Å². The normalized spacial score (nSPS) is 14.5. The van der Waals surface area contributed by atoms with Crippen molar-refractivity contribution in [3.63, 3.8) is 0 Å². The molecule has 0 heterocycles. The zero-order valence-corrected chi connectivity index (χ0v) is 15.9. The third kappa shape index (κ3) is 6.89. The molecule has 0 fully saturated rings. The van der Waals surface area contributed by atoms with Gasteiger partial charge in [-0.15, -0.1) is 0 Å². The number of rotatable bonds is 10. The van der Waals surface area contributed by atoms with Gasteiger partial charge in [0.1, 0.15) is 0 Å². The highest BCUT2D eigenvalue weighted by Crippen LogP contribution is 2.20. The summed E-state index contributed by atoms with van der Waals surface area (Å²) < 4.78 is 5.20. The van der Waals surface area contributed by atoms with Gasteiger partial charge in [-0.3, -0.25) is 9.89 Å². The Morgan fingerprint density at radius 3 is 2.38 bits per heavy atom. The van der Waals surface area contributed by atoms with E-state index in [4.69, 9.17) is 9.73 Å². The summed E-state index contributed by atoms with van der Waals surface area (Å²) in [5.41, 5.74) is 1.31. The van der Waals surface area contributed by atoms with Crippen molar-refractivity contribution in [1.29, 1.82) is 0 Å². The number of hydrogen-bond acceptors (Lipinski definition) is 3. The zero-order chi connectivity index (χ0) is 17.8. The molecule has 0 spiro atoms. The molecular weight excluding hydrogens is 300 g/mol. The molecule has 0 aliphatic carbocycles. The summed E-state index contributed by atoms with van der Waals surface area (Å²) >= 11 is 0. The number of nitrogens with zero attached hydrogens (tertiary/aromatic N) is 2. The molecule has 0 saturated carbocycles. The molecule has 5 nitrogen and oxygen atoms in total.